The lowest BCUT2D eigenvalue weighted by atomic mass is 10.1. The lowest BCUT2D eigenvalue weighted by Gasteiger charge is -2.11. The van der Waals surface area contributed by atoms with Gasteiger partial charge in [-0.05, 0) is 29.3 Å². The summed E-state index contributed by atoms with van der Waals surface area (Å²) in [6.07, 6.45) is 1.42. The van der Waals surface area contributed by atoms with Crippen LogP contribution in [0.25, 0.3) is 6.08 Å². The monoisotopic (exact) mass is 407 g/mol. The maximum atomic E-state index is 11.6. The number of ether oxygens (including phenoxy) is 1. The van der Waals surface area contributed by atoms with E-state index in [1.807, 2.05) is 0 Å². The van der Waals surface area contributed by atoms with Gasteiger partial charge < -0.3 is 10.1 Å². The van der Waals surface area contributed by atoms with Crippen molar-refractivity contribution < 1.29 is 19.2 Å². The summed E-state index contributed by atoms with van der Waals surface area (Å²) in [5.74, 6) is -0.356. The van der Waals surface area contributed by atoms with Crippen molar-refractivity contribution in [2.24, 2.45) is 0 Å². The van der Waals surface area contributed by atoms with Gasteiger partial charge in [-0.3, -0.25) is 20.2 Å². The van der Waals surface area contributed by atoms with Crippen molar-refractivity contribution in [2.75, 3.05) is 0 Å². The molecule has 0 aromatic heterocycles. The predicted octanol–water partition coefficient (Wildman–Crippen LogP) is 3.66. The topological polar surface area (TPSA) is 111 Å². The Morgan fingerprint density at radius 3 is 2.41 bits per heavy atom. The molecule has 2 aromatic rings. The fourth-order valence-corrected chi connectivity index (χ4v) is 2.98. The number of benzene rings is 2. The van der Waals surface area contributed by atoms with Crippen LogP contribution < -0.4 is 15.4 Å². The van der Waals surface area contributed by atoms with Gasteiger partial charge in [-0.25, -0.2) is 4.79 Å². The summed E-state index contributed by atoms with van der Waals surface area (Å²) in [6, 6.07) is 8.42. The second-order valence-electron chi connectivity index (χ2n) is 5.50. The van der Waals surface area contributed by atoms with Crippen molar-refractivity contribution in [2.45, 2.75) is 6.61 Å². The molecule has 1 heterocycles. The average molecular weight is 408 g/mol. The van der Waals surface area contributed by atoms with Gasteiger partial charge in [0.15, 0.2) is 5.75 Å². The van der Waals surface area contributed by atoms with E-state index in [1.165, 1.54) is 30.3 Å². The van der Waals surface area contributed by atoms with Gasteiger partial charge in [0.2, 0.25) is 0 Å². The van der Waals surface area contributed by atoms with Crippen molar-refractivity contribution in [1.29, 1.82) is 0 Å². The first kappa shape index (κ1) is 18.7. The summed E-state index contributed by atoms with van der Waals surface area (Å²) in [7, 11) is 0. The molecule has 8 nitrogen and oxygen atoms in total. The largest absolute Gasteiger partial charge is 0.486 e. The van der Waals surface area contributed by atoms with Crippen LogP contribution in [-0.4, -0.2) is 16.9 Å². The standard InChI is InChI=1S/C17H11Cl2N3O5/c18-12-5-10(7-14-16(23)21-17(24)20-14)6-13(19)15(12)27-8-9-2-1-3-11(4-9)22(25)26/h1-7H,8H2,(H2,20,21,23,24). The molecule has 0 radical (unpaired) electrons. The average Bonchev–Trinajstić information content (AvgIpc) is 2.91. The van der Waals surface area contributed by atoms with Crippen LogP contribution in [0, 0.1) is 10.1 Å². The highest BCUT2D eigenvalue weighted by Gasteiger charge is 2.23. The number of hydrogen-bond donors (Lipinski definition) is 2. The predicted molar refractivity (Wildman–Crippen MR) is 98.5 cm³/mol. The number of hydrogen-bond acceptors (Lipinski definition) is 5. The number of halogens is 2. The van der Waals surface area contributed by atoms with Crippen molar-refractivity contribution in [1.82, 2.24) is 10.6 Å². The number of nitro groups is 1. The molecule has 3 rings (SSSR count). The van der Waals surface area contributed by atoms with Crippen LogP contribution in [0.5, 0.6) is 5.75 Å². The van der Waals surface area contributed by atoms with Crippen molar-refractivity contribution in [3.8, 4) is 5.75 Å². The molecule has 138 valence electrons. The molecule has 0 unspecified atom stereocenters. The highest BCUT2D eigenvalue weighted by atomic mass is 35.5. The van der Waals surface area contributed by atoms with Gasteiger partial charge >= 0.3 is 6.03 Å². The number of nitro benzene ring substituents is 1. The third-order valence-electron chi connectivity index (χ3n) is 3.56. The van der Waals surface area contributed by atoms with E-state index >= 15 is 0 Å². The van der Waals surface area contributed by atoms with Gasteiger partial charge in [-0.1, -0.05) is 35.3 Å². The minimum Gasteiger partial charge on any atom is -0.486 e. The van der Waals surface area contributed by atoms with Crippen molar-refractivity contribution >= 4 is 46.9 Å². The summed E-state index contributed by atoms with van der Waals surface area (Å²) in [5, 5.41) is 15.6. The van der Waals surface area contributed by atoms with Gasteiger partial charge in [0.05, 0.1) is 15.0 Å². The molecule has 1 aliphatic rings. The van der Waals surface area contributed by atoms with Gasteiger partial charge in [-0.2, -0.15) is 0 Å². The molecule has 0 bridgehead atoms. The first-order valence-electron chi connectivity index (χ1n) is 7.52. The Kier molecular flexibility index (Phi) is 5.29. The lowest BCUT2D eigenvalue weighted by Crippen LogP contribution is -2.22. The molecular formula is C17H11Cl2N3O5. The zero-order valence-corrected chi connectivity index (χ0v) is 15.0. The summed E-state index contributed by atoms with van der Waals surface area (Å²) < 4.78 is 5.60. The third kappa shape index (κ3) is 4.36. The van der Waals surface area contributed by atoms with Crippen LogP contribution in [0.1, 0.15) is 11.1 Å². The number of carbonyl (C=O) groups excluding carboxylic acids is 2. The van der Waals surface area contributed by atoms with E-state index in [0.717, 1.165) is 0 Å². The van der Waals surface area contributed by atoms with Crippen molar-refractivity contribution in [3.63, 3.8) is 0 Å². The molecule has 1 aliphatic heterocycles. The highest BCUT2D eigenvalue weighted by Crippen LogP contribution is 2.35. The Hall–Kier alpha value is -3.10. The molecule has 1 saturated heterocycles. The lowest BCUT2D eigenvalue weighted by molar-refractivity contribution is -0.384. The SMILES string of the molecule is O=C1NC(=O)C(=Cc2cc(Cl)c(OCc3cccc([N+](=O)[O-])c3)c(Cl)c2)N1. The smallest absolute Gasteiger partial charge is 0.326 e. The summed E-state index contributed by atoms with van der Waals surface area (Å²) >= 11 is 12.4. The Labute approximate surface area is 162 Å². The van der Waals surface area contributed by atoms with E-state index in [1.54, 1.807) is 12.1 Å². The van der Waals surface area contributed by atoms with E-state index in [4.69, 9.17) is 27.9 Å². The maximum absolute atomic E-state index is 11.6. The quantitative estimate of drug-likeness (QED) is 0.340. The minimum atomic E-state index is -0.611. The number of rotatable bonds is 5. The van der Waals surface area contributed by atoms with E-state index < -0.39 is 16.9 Å². The number of urea groups is 1. The number of imide groups is 1. The molecule has 0 atom stereocenters. The summed E-state index contributed by atoms with van der Waals surface area (Å²) in [5.41, 5.74) is 1.08. The Bertz CT molecular complexity index is 967. The Morgan fingerprint density at radius 2 is 1.81 bits per heavy atom. The number of amides is 3. The summed E-state index contributed by atoms with van der Waals surface area (Å²) in [4.78, 5) is 33.0. The first-order chi connectivity index (χ1) is 12.8. The zero-order valence-electron chi connectivity index (χ0n) is 13.5. The van der Waals surface area contributed by atoms with Crippen molar-refractivity contribution in [3.05, 3.63) is 73.4 Å². The summed E-state index contributed by atoms with van der Waals surface area (Å²) in [6.45, 7) is 0.0278. The molecular weight excluding hydrogens is 397 g/mol. The van der Waals surface area contributed by atoms with Crippen LogP contribution >= 0.6 is 23.2 Å². The van der Waals surface area contributed by atoms with E-state index in [9.17, 15) is 19.7 Å². The van der Waals surface area contributed by atoms with Crippen LogP contribution in [0.4, 0.5) is 10.5 Å². The van der Waals surface area contributed by atoms with Crippen LogP contribution in [0.15, 0.2) is 42.1 Å². The minimum absolute atomic E-state index is 0.0278. The van der Waals surface area contributed by atoms with Gasteiger partial charge in [0.1, 0.15) is 12.3 Å². The van der Waals surface area contributed by atoms with Crippen LogP contribution in [0.3, 0.4) is 0 Å². The van der Waals surface area contributed by atoms with E-state index in [-0.39, 0.29) is 33.8 Å². The Morgan fingerprint density at radius 1 is 1.11 bits per heavy atom. The first-order valence-corrected chi connectivity index (χ1v) is 8.28. The normalized spacial score (nSPS) is 14.8. The molecule has 2 aromatic carbocycles. The van der Waals surface area contributed by atoms with Crippen LogP contribution in [-0.2, 0) is 11.4 Å². The zero-order chi connectivity index (χ0) is 19.6. The molecule has 0 saturated carbocycles. The van der Waals surface area contributed by atoms with E-state index in [0.29, 0.717) is 11.1 Å². The van der Waals surface area contributed by atoms with Gasteiger partial charge in [-0.15, -0.1) is 0 Å². The molecule has 2 N–H and O–H groups in total. The van der Waals surface area contributed by atoms with Crippen LogP contribution in [0.2, 0.25) is 10.0 Å². The molecule has 0 aliphatic carbocycles. The fourth-order valence-electron chi connectivity index (χ4n) is 2.37. The number of nitrogens with zero attached hydrogens (tertiary/aromatic N) is 1. The molecule has 1 fully saturated rings. The Balaban J connectivity index is 1.78. The fraction of sp³-hybridized carbons (Fsp3) is 0.0588. The number of nitrogens with one attached hydrogen (secondary N) is 2. The molecule has 27 heavy (non-hydrogen) atoms. The maximum Gasteiger partial charge on any atom is 0.326 e. The van der Waals surface area contributed by atoms with Gasteiger partial charge in [0, 0.05) is 12.1 Å². The third-order valence-corrected chi connectivity index (χ3v) is 4.12. The second-order valence-corrected chi connectivity index (χ2v) is 6.31. The molecule has 0 spiro atoms. The van der Waals surface area contributed by atoms with Gasteiger partial charge in [0.25, 0.3) is 11.6 Å². The molecule has 10 heteroatoms. The highest BCUT2D eigenvalue weighted by molar-refractivity contribution is 6.37. The van der Waals surface area contributed by atoms with E-state index in [2.05, 4.69) is 10.6 Å². The molecule has 3 amide bonds. The number of non-ortho nitro benzene ring substituents is 1. The second kappa shape index (κ2) is 7.65. The number of carbonyl (C=O) groups is 2.